The van der Waals surface area contributed by atoms with E-state index in [1.807, 2.05) is 12.1 Å². The highest BCUT2D eigenvalue weighted by atomic mass is 16.5. The molecule has 0 unspecified atom stereocenters. The average Bonchev–Trinajstić information content (AvgIpc) is 2.46. The summed E-state index contributed by atoms with van der Waals surface area (Å²) in [5.74, 6) is 2.54. The SMILES string of the molecule is O=C(O)C=COc1ccc(C23CC4CC(CC(C4)C2)C3)cc1. The molecule has 22 heavy (non-hydrogen) atoms. The molecular weight excluding hydrogens is 276 g/mol. The minimum absolute atomic E-state index is 0.407. The number of carbonyl (C=O) groups is 1. The lowest BCUT2D eigenvalue weighted by molar-refractivity contribution is -0.131. The van der Waals surface area contributed by atoms with Gasteiger partial charge in [-0.2, -0.15) is 0 Å². The zero-order valence-electron chi connectivity index (χ0n) is 12.7. The molecule has 0 saturated heterocycles. The Morgan fingerprint density at radius 1 is 1.05 bits per heavy atom. The Morgan fingerprint density at radius 3 is 2.09 bits per heavy atom. The molecule has 0 amide bonds. The van der Waals surface area contributed by atoms with Crippen molar-refractivity contribution in [2.24, 2.45) is 17.8 Å². The van der Waals surface area contributed by atoms with Crippen molar-refractivity contribution in [3.05, 3.63) is 42.2 Å². The Hall–Kier alpha value is -1.77. The molecule has 0 atom stereocenters. The van der Waals surface area contributed by atoms with Crippen LogP contribution >= 0.6 is 0 Å². The van der Waals surface area contributed by atoms with Gasteiger partial charge in [0.1, 0.15) is 5.75 Å². The number of ether oxygens (including phenoxy) is 1. The maximum atomic E-state index is 10.4. The molecule has 1 N–H and O–H groups in total. The second-order valence-corrected chi connectivity index (χ2v) is 7.48. The maximum Gasteiger partial charge on any atom is 0.331 e. The minimum Gasteiger partial charge on any atom is -0.478 e. The van der Waals surface area contributed by atoms with Crippen molar-refractivity contribution in [2.45, 2.75) is 43.9 Å². The highest BCUT2D eigenvalue weighted by Crippen LogP contribution is 2.60. The third-order valence-corrected chi connectivity index (χ3v) is 5.92. The van der Waals surface area contributed by atoms with E-state index >= 15 is 0 Å². The maximum absolute atomic E-state index is 10.4. The van der Waals surface area contributed by atoms with Crippen LogP contribution in [0.2, 0.25) is 0 Å². The smallest absolute Gasteiger partial charge is 0.331 e. The first-order valence-electron chi connectivity index (χ1n) is 8.30. The monoisotopic (exact) mass is 298 g/mol. The van der Waals surface area contributed by atoms with Gasteiger partial charge in [-0.05, 0) is 79.4 Å². The largest absolute Gasteiger partial charge is 0.478 e. The number of rotatable bonds is 4. The molecule has 3 heteroatoms. The van der Waals surface area contributed by atoms with Crippen molar-refractivity contribution in [2.75, 3.05) is 0 Å². The Balaban J connectivity index is 1.52. The van der Waals surface area contributed by atoms with Crippen molar-refractivity contribution in [3.63, 3.8) is 0 Å². The second-order valence-electron chi connectivity index (χ2n) is 7.48. The number of aliphatic carboxylic acids is 1. The van der Waals surface area contributed by atoms with E-state index in [2.05, 4.69) is 12.1 Å². The fourth-order valence-electron chi connectivity index (χ4n) is 5.52. The van der Waals surface area contributed by atoms with Crippen LogP contribution in [-0.4, -0.2) is 11.1 Å². The van der Waals surface area contributed by atoms with Gasteiger partial charge in [0, 0.05) is 0 Å². The predicted molar refractivity (Wildman–Crippen MR) is 83.7 cm³/mol. The second kappa shape index (κ2) is 5.15. The first kappa shape index (κ1) is 13.9. The first-order chi connectivity index (χ1) is 10.6. The summed E-state index contributed by atoms with van der Waals surface area (Å²) in [5, 5.41) is 8.56. The summed E-state index contributed by atoms with van der Waals surface area (Å²) in [4.78, 5) is 10.4. The minimum atomic E-state index is -0.995. The molecule has 0 aromatic heterocycles. The van der Waals surface area contributed by atoms with E-state index in [-0.39, 0.29) is 0 Å². The zero-order valence-corrected chi connectivity index (χ0v) is 12.7. The Labute approximate surface area is 131 Å². The highest BCUT2D eigenvalue weighted by molar-refractivity contribution is 5.79. The van der Waals surface area contributed by atoms with Gasteiger partial charge >= 0.3 is 5.97 Å². The number of hydrogen-bond donors (Lipinski definition) is 1. The van der Waals surface area contributed by atoms with E-state index in [0.29, 0.717) is 11.2 Å². The molecule has 0 spiro atoms. The number of carboxylic acid groups (broad SMARTS) is 1. The molecule has 5 rings (SSSR count). The van der Waals surface area contributed by atoms with Crippen LogP contribution in [0.1, 0.15) is 44.1 Å². The summed E-state index contributed by atoms with van der Waals surface area (Å²) >= 11 is 0. The molecule has 4 saturated carbocycles. The lowest BCUT2D eigenvalue weighted by atomic mass is 9.48. The van der Waals surface area contributed by atoms with Crippen molar-refractivity contribution in [1.82, 2.24) is 0 Å². The van der Waals surface area contributed by atoms with Gasteiger partial charge < -0.3 is 9.84 Å². The summed E-state index contributed by atoms with van der Waals surface area (Å²) in [6.07, 6.45) is 10.7. The van der Waals surface area contributed by atoms with Crippen LogP contribution in [0.15, 0.2) is 36.6 Å². The van der Waals surface area contributed by atoms with Gasteiger partial charge in [0.25, 0.3) is 0 Å². The molecule has 4 aliphatic rings. The Bertz CT molecular complexity index is 564. The summed E-state index contributed by atoms with van der Waals surface area (Å²) in [5.41, 5.74) is 1.87. The Kier molecular flexibility index (Phi) is 3.24. The van der Waals surface area contributed by atoms with Crippen LogP contribution < -0.4 is 4.74 Å². The molecule has 4 bridgehead atoms. The van der Waals surface area contributed by atoms with E-state index in [0.717, 1.165) is 23.8 Å². The normalized spacial score (nSPS) is 35.9. The molecule has 0 aliphatic heterocycles. The van der Waals surface area contributed by atoms with Gasteiger partial charge in [0.2, 0.25) is 0 Å². The lowest BCUT2D eigenvalue weighted by Crippen LogP contribution is -2.48. The van der Waals surface area contributed by atoms with Gasteiger partial charge in [-0.25, -0.2) is 4.79 Å². The van der Waals surface area contributed by atoms with E-state index in [4.69, 9.17) is 9.84 Å². The first-order valence-corrected chi connectivity index (χ1v) is 8.30. The quantitative estimate of drug-likeness (QED) is 0.671. The van der Waals surface area contributed by atoms with Crippen molar-refractivity contribution >= 4 is 5.97 Å². The number of hydrogen-bond acceptors (Lipinski definition) is 2. The molecule has 116 valence electrons. The van der Waals surface area contributed by atoms with Crippen molar-refractivity contribution in [3.8, 4) is 5.75 Å². The molecule has 4 fully saturated rings. The van der Waals surface area contributed by atoms with Crippen LogP contribution in [-0.2, 0) is 10.2 Å². The van der Waals surface area contributed by atoms with Crippen LogP contribution in [0.5, 0.6) is 5.75 Å². The number of benzene rings is 1. The molecule has 1 aromatic rings. The molecule has 0 heterocycles. The molecular formula is C19H22O3. The van der Waals surface area contributed by atoms with Crippen LogP contribution in [0.4, 0.5) is 0 Å². The summed E-state index contributed by atoms with van der Waals surface area (Å²) in [6.45, 7) is 0. The van der Waals surface area contributed by atoms with Gasteiger partial charge in [-0.3, -0.25) is 0 Å². The summed E-state index contributed by atoms with van der Waals surface area (Å²) in [7, 11) is 0. The van der Waals surface area contributed by atoms with Crippen LogP contribution in [0, 0.1) is 17.8 Å². The van der Waals surface area contributed by atoms with Crippen molar-refractivity contribution in [1.29, 1.82) is 0 Å². The highest BCUT2D eigenvalue weighted by Gasteiger charge is 2.51. The van der Waals surface area contributed by atoms with E-state index in [1.54, 1.807) is 0 Å². The van der Waals surface area contributed by atoms with Crippen LogP contribution in [0.3, 0.4) is 0 Å². The summed E-state index contributed by atoms with van der Waals surface area (Å²) < 4.78 is 5.33. The fraction of sp³-hybridized carbons (Fsp3) is 0.526. The van der Waals surface area contributed by atoms with E-state index in [9.17, 15) is 4.79 Å². The van der Waals surface area contributed by atoms with Gasteiger partial charge in [-0.1, -0.05) is 12.1 Å². The van der Waals surface area contributed by atoms with Crippen molar-refractivity contribution < 1.29 is 14.6 Å². The van der Waals surface area contributed by atoms with Crippen LogP contribution in [0.25, 0.3) is 0 Å². The molecule has 0 radical (unpaired) electrons. The predicted octanol–water partition coefficient (Wildman–Crippen LogP) is 4.13. The van der Waals surface area contributed by atoms with E-state index < -0.39 is 5.97 Å². The lowest BCUT2D eigenvalue weighted by Gasteiger charge is -2.57. The molecule has 4 aliphatic carbocycles. The summed E-state index contributed by atoms with van der Waals surface area (Å²) in [6, 6.07) is 8.33. The zero-order chi connectivity index (χ0) is 15.2. The average molecular weight is 298 g/mol. The third-order valence-electron chi connectivity index (χ3n) is 5.92. The number of carboxylic acids is 1. The molecule has 3 nitrogen and oxygen atoms in total. The van der Waals surface area contributed by atoms with Gasteiger partial charge in [-0.15, -0.1) is 0 Å². The molecule has 1 aromatic carbocycles. The standard InChI is InChI=1S/C19H22O3/c20-18(21)5-6-22-17-3-1-16(2-4-17)19-10-13-7-14(11-19)9-15(8-13)12-19/h1-6,13-15H,7-12H2,(H,20,21). The van der Waals surface area contributed by atoms with Gasteiger partial charge in [0.15, 0.2) is 0 Å². The topological polar surface area (TPSA) is 46.5 Å². The van der Waals surface area contributed by atoms with E-state index in [1.165, 1.54) is 50.4 Å². The van der Waals surface area contributed by atoms with Gasteiger partial charge in [0.05, 0.1) is 12.3 Å². The third kappa shape index (κ3) is 2.43. The fourth-order valence-corrected chi connectivity index (χ4v) is 5.52. The Morgan fingerprint density at radius 2 is 1.59 bits per heavy atom.